The Labute approximate surface area is 116 Å². The number of nitrogens with two attached hydrogens (primary N) is 2. The van der Waals surface area contributed by atoms with Gasteiger partial charge in [0.05, 0.1) is 35.9 Å². The number of ether oxygens (including phenoxy) is 1. The van der Waals surface area contributed by atoms with Crippen molar-refractivity contribution in [1.29, 1.82) is 0 Å². The van der Waals surface area contributed by atoms with Crippen molar-refractivity contribution in [3.05, 3.63) is 36.2 Å². The largest absolute Gasteiger partial charge is 0.478 e. The fourth-order valence-electron chi connectivity index (χ4n) is 1.58. The second-order valence-corrected chi connectivity index (χ2v) is 3.96. The minimum Gasteiger partial charge on any atom is -0.478 e. The van der Waals surface area contributed by atoms with Crippen molar-refractivity contribution in [1.82, 2.24) is 9.97 Å². The molecule has 2 aromatic heterocycles. The molecule has 0 saturated carbocycles. The molecule has 0 saturated heterocycles. The van der Waals surface area contributed by atoms with E-state index in [0.717, 1.165) is 0 Å². The van der Waals surface area contributed by atoms with Crippen molar-refractivity contribution < 1.29 is 9.53 Å². The van der Waals surface area contributed by atoms with Crippen molar-refractivity contribution in [2.75, 3.05) is 17.7 Å². The third-order valence-electron chi connectivity index (χ3n) is 2.50. The van der Waals surface area contributed by atoms with E-state index in [1.54, 1.807) is 18.3 Å². The molecule has 1 amide bonds. The highest BCUT2D eigenvalue weighted by molar-refractivity contribution is 5.98. The van der Waals surface area contributed by atoms with Crippen LogP contribution in [-0.2, 0) is 0 Å². The second kappa shape index (κ2) is 5.87. The topological polar surface area (TPSA) is 116 Å². The molecule has 20 heavy (non-hydrogen) atoms. The van der Waals surface area contributed by atoms with Crippen molar-refractivity contribution >= 4 is 23.1 Å². The summed E-state index contributed by atoms with van der Waals surface area (Å²) in [6.45, 7) is 2.44. The van der Waals surface area contributed by atoms with Gasteiger partial charge >= 0.3 is 0 Å². The van der Waals surface area contributed by atoms with Crippen LogP contribution < -0.4 is 21.5 Å². The van der Waals surface area contributed by atoms with E-state index < -0.39 is 5.91 Å². The molecule has 0 bridgehead atoms. The average Bonchev–Trinajstić information content (AvgIpc) is 2.43. The molecule has 0 atom stereocenters. The van der Waals surface area contributed by atoms with Crippen molar-refractivity contribution in [3.8, 4) is 5.88 Å². The first kappa shape index (κ1) is 13.6. The number of aromatic nitrogens is 2. The maximum Gasteiger partial charge on any atom is 0.250 e. The number of amides is 1. The van der Waals surface area contributed by atoms with Crippen LogP contribution in [-0.4, -0.2) is 22.5 Å². The van der Waals surface area contributed by atoms with E-state index in [1.807, 2.05) is 6.92 Å². The highest BCUT2D eigenvalue weighted by atomic mass is 16.5. The third-order valence-corrected chi connectivity index (χ3v) is 2.50. The lowest BCUT2D eigenvalue weighted by Gasteiger charge is -2.08. The van der Waals surface area contributed by atoms with Gasteiger partial charge in [0.2, 0.25) is 5.88 Å². The van der Waals surface area contributed by atoms with Gasteiger partial charge in [-0.2, -0.15) is 0 Å². The van der Waals surface area contributed by atoms with E-state index in [-0.39, 0.29) is 11.3 Å². The van der Waals surface area contributed by atoms with Gasteiger partial charge in [-0.1, -0.05) is 0 Å². The molecule has 2 aromatic rings. The van der Waals surface area contributed by atoms with Gasteiger partial charge in [0, 0.05) is 6.07 Å². The number of hydrogen-bond acceptors (Lipinski definition) is 6. The van der Waals surface area contributed by atoms with Crippen molar-refractivity contribution in [3.63, 3.8) is 0 Å². The number of nitrogens with zero attached hydrogens (tertiary/aromatic N) is 2. The monoisotopic (exact) mass is 273 g/mol. The van der Waals surface area contributed by atoms with Gasteiger partial charge in [0.25, 0.3) is 5.91 Å². The number of primary amides is 1. The maximum atomic E-state index is 11.2. The van der Waals surface area contributed by atoms with E-state index in [9.17, 15) is 4.79 Å². The van der Waals surface area contributed by atoms with Gasteiger partial charge in [-0.25, -0.2) is 9.97 Å². The van der Waals surface area contributed by atoms with Gasteiger partial charge in [-0.3, -0.25) is 4.79 Å². The molecule has 5 N–H and O–H groups in total. The zero-order valence-corrected chi connectivity index (χ0v) is 11.0. The van der Waals surface area contributed by atoms with Crippen LogP contribution in [0.5, 0.6) is 5.88 Å². The van der Waals surface area contributed by atoms with Crippen LogP contribution >= 0.6 is 0 Å². The van der Waals surface area contributed by atoms with Crippen LogP contribution in [0.2, 0.25) is 0 Å². The van der Waals surface area contributed by atoms with Crippen LogP contribution in [0.1, 0.15) is 17.3 Å². The quantitative estimate of drug-likeness (QED) is 0.756. The number of rotatable bonds is 5. The summed E-state index contributed by atoms with van der Waals surface area (Å²) >= 11 is 0. The Balaban J connectivity index is 2.17. The predicted octanol–water partition coefficient (Wildman–Crippen LogP) is 1.30. The summed E-state index contributed by atoms with van der Waals surface area (Å²) in [6.07, 6.45) is 2.98. The summed E-state index contributed by atoms with van der Waals surface area (Å²) in [7, 11) is 0. The summed E-state index contributed by atoms with van der Waals surface area (Å²) in [4.78, 5) is 19.4. The maximum absolute atomic E-state index is 11.2. The molecule has 0 aromatic carbocycles. The minimum atomic E-state index is -0.599. The molecule has 104 valence electrons. The van der Waals surface area contributed by atoms with Crippen molar-refractivity contribution in [2.45, 2.75) is 6.92 Å². The molecule has 0 aliphatic carbocycles. The Hall–Kier alpha value is -2.83. The molecule has 0 aliphatic heterocycles. The summed E-state index contributed by atoms with van der Waals surface area (Å²) in [5.41, 5.74) is 12.0. The number of hydrogen-bond donors (Lipinski definition) is 3. The molecule has 7 heteroatoms. The summed E-state index contributed by atoms with van der Waals surface area (Å²) in [5.74, 6) is 0.401. The standard InChI is InChI=1S/C13H15N5O2/c1-2-20-12-4-3-8(6-17-12)18-11-5-9(13(15)19)10(14)7-16-11/h3-7H,2,14H2,1H3,(H2,15,19)(H,16,18). The Morgan fingerprint density at radius 1 is 1.35 bits per heavy atom. The Bertz CT molecular complexity index is 613. The molecule has 0 aliphatic rings. The van der Waals surface area contributed by atoms with Gasteiger partial charge in [0.1, 0.15) is 5.82 Å². The van der Waals surface area contributed by atoms with Gasteiger partial charge in [0.15, 0.2) is 0 Å². The summed E-state index contributed by atoms with van der Waals surface area (Å²) in [6, 6.07) is 5.02. The number of carbonyl (C=O) groups excluding carboxylic acids is 1. The molecule has 7 nitrogen and oxygen atoms in total. The smallest absolute Gasteiger partial charge is 0.250 e. The lowest BCUT2D eigenvalue weighted by atomic mass is 10.2. The van der Waals surface area contributed by atoms with Crippen molar-refractivity contribution in [2.24, 2.45) is 5.73 Å². The third kappa shape index (κ3) is 3.14. The van der Waals surface area contributed by atoms with Crippen LogP contribution in [0.4, 0.5) is 17.2 Å². The number of nitrogen functional groups attached to an aromatic ring is 1. The number of anilines is 3. The fraction of sp³-hybridized carbons (Fsp3) is 0.154. The molecule has 0 spiro atoms. The molecular weight excluding hydrogens is 258 g/mol. The predicted molar refractivity (Wildman–Crippen MR) is 75.9 cm³/mol. The van der Waals surface area contributed by atoms with Gasteiger partial charge < -0.3 is 21.5 Å². The number of carbonyl (C=O) groups is 1. The van der Waals surface area contributed by atoms with E-state index in [2.05, 4.69) is 15.3 Å². The Kier molecular flexibility index (Phi) is 3.99. The molecular formula is C13H15N5O2. The molecule has 0 fully saturated rings. The second-order valence-electron chi connectivity index (χ2n) is 3.96. The molecule has 2 rings (SSSR count). The average molecular weight is 273 g/mol. The van der Waals surface area contributed by atoms with Crippen LogP contribution in [0.15, 0.2) is 30.6 Å². The zero-order chi connectivity index (χ0) is 14.5. The normalized spacial score (nSPS) is 10.1. The Morgan fingerprint density at radius 2 is 2.15 bits per heavy atom. The molecule has 0 unspecified atom stereocenters. The molecule has 0 radical (unpaired) electrons. The minimum absolute atomic E-state index is 0.224. The van der Waals surface area contributed by atoms with E-state index in [0.29, 0.717) is 24.0 Å². The number of pyridine rings is 2. The fourth-order valence-corrected chi connectivity index (χ4v) is 1.58. The van der Waals surface area contributed by atoms with E-state index in [1.165, 1.54) is 12.3 Å². The lowest BCUT2D eigenvalue weighted by Crippen LogP contribution is -2.14. The first-order chi connectivity index (χ1) is 9.60. The van der Waals surface area contributed by atoms with Crippen LogP contribution in [0, 0.1) is 0 Å². The lowest BCUT2D eigenvalue weighted by molar-refractivity contribution is 0.100. The van der Waals surface area contributed by atoms with Crippen LogP contribution in [0.3, 0.4) is 0 Å². The van der Waals surface area contributed by atoms with Gasteiger partial charge in [-0.05, 0) is 19.1 Å². The molecule has 2 heterocycles. The van der Waals surface area contributed by atoms with Gasteiger partial charge in [-0.15, -0.1) is 0 Å². The van der Waals surface area contributed by atoms with E-state index >= 15 is 0 Å². The van der Waals surface area contributed by atoms with E-state index in [4.69, 9.17) is 16.2 Å². The first-order valence-corrected chi connectivity index (χ1v) is 6.01. The summed E-state index contributed by atoms with van der Waals surface area (Å²) < 4.78 is 5.25. The van der Waals surface area contributed by atoms with Crippen LogP contribution in [0.25, 0.3) is 0 Å². The number of nitrogens with one attached hydrogen (secondary N) is 1. The highest BCUT2D eigenvalue weighted by Crippen LogP contribution is 2.19. The zero-order valence-electron chi connectivity index (χ0n) is 11.0. The highest BCUT2D eigenvalue weighted by Gasteiger charge is 2.08. The Morgan fingerprint density at radius 3 is 2.75 bits per heavy atom. The SMILES string of the molecule is CCOc1ccc(Nc2cc(C(N)=O)c(N)cn2)cn1. The first-order valence-electron chi connectivity index (χ1n) is 6.01. The summed E-state index contributed by atoms with van der Waals surface area (Å²) in [5, 5.41) is 3.00.